The van der Waals surface area contributed by atoms with E-state index in [0.29, 0.717) is 6.54 Å². The van der Waals surface area contributed by atoms with Gasteiger partial charge in [-0.1, -0.05) is 48.5 Å². The van der Waals surface area contributed by atoms with Gasteiger partial charge >= 0.3 is 0 Å². The van der Waals surface area contributed by atoms with Crippen molar-refractivity contribution in [3.05, 3.63) is 66.2 Å². The molecule has 1 aliphatic heterocycles. The number of para-hydroxylation sites is 1. The first-order valence-corrected chi connectivity index (χ1v) is 8.52. The van der Waals surface area contributed by atoms with Gasteiger partial charge in [0.25, 0.3) is 0 Å². The molecule has 1 aliphatic rings. The maximum Gasteiger partial charge on any atom is 0.238 e. The van der Waals surface area contributed by atoms with Crippen molar-refractivity contribution in [2.45, 2.75) is 25.5 Å². The Morgan fingerprint density at radius 3 is 2.46 bits per heavy atom. The Labute approximate surface area is 143 Å². The van der Waals surface area contributed by atoms with Crippen molar-refractivity contribution in [3.63, 3.8) is 0 Å². The lowest BCUT2D eigenvalue weighted by molar-refractivity contribution is -0.117. The smallest absolute Gasteiger partial charge is 0.238 e. The van der Waals surface area contributed by atoms with Crippen molar-refractivity contribution >= 4 is 11.6 Å². The highest BCUT2D eigenvalue weighted by Gasteiger charge is 2.21. The molecule has 0 bridgehead atoms. The number of nitrogens with one attached hydrogen (secondary N) is 1. The lowest BCUT2D eigenvalue weighted by atomic mass is 10.2. The number of carbonyl (C=O) groups is 1. The third-order valence-electron chi connectivity index (χ3n) is 4.16. The van der Waals surface area contributed by atoms with Crippen molar-refractivity contribution in [1.29, 1.82) is 0 Å². The molecule has 0 aliphatic carbocycles. The molecule has 0 spiro atoms. The lowest BCUT2D eigenvalue weighted by Gasteiger charge is -2.24. The average Bonchev–Trinajstić information content (AvgIpc) is 3.09. The molecule has 1 atom stereocenters. The van der Waals surface area contributed by atoms with E-state index in [9.17, 15) is 4.79 Å². The summed E-state index contributed by atoms with van der Waals surface area (Å²) in [5.74, 6) is 0.00938. The topological polar surface area (TPSA) is 41.6 Å². The first kappa shape index (κ1) is 16.7. The van der Waals surface area contributed by atoms with Crippen LogP contribution in [0.1, 0.15) is 18.4 Å². The highest BCUT2D eigenvalue weighted by molar-refractivity contribution is 5.92. The van der Waals surface area contributed by atoms with E-state index >= 15 is 0 Å². The number of ether oxygens (including phenoxy) is 1. The molecule has 0 radical (unpaired) electrons. The summed E-state index contributed by atoms with van der Waals surface area (Å²) >= 11 is 0. The van der Waals surface area contributed by atoms with Crippen molar-refractivity contribution in [3.8, 4) is 0 Å². The molecule has 1 N–H and O–H groups in total. The summed E-state index contributed by atoms with van der Waals surface area (Å²) in [5, 5.41) is 2.96. The van der Waals surface area contributed by atoms with Crippen LogP contribution in [0.15, 0.2) is 60.7 Å². The molecule has 3 rings (SSSR count). The molecule has 1 heterocycles. The second kappa shape index (κ2) is 8.62. The minimum atomic E-state index is 0.00938. The predicted molar refractivity (Wildman–Crippen MR) is 95.8 cm³/mol. The van der Waals surface area contributed by atoms with E-state index in [1.165, 1.54) is 5.56 Å². The highest BCUT2D eigenvalue weighted by Crippen LogP contribution is 2.15. The van der Waals surface area contributed by atoms with Gasteiger partial charge < -0.3 is 10.1 Å². The third-order valence-corrected chi connectivity index (χ3v) is 4.16. The van der Waals surface area contributed by atoms with Gasteiger partial charge in [-0.05, 0) is 30.5 Å². The number of nitrogens with zero attached hydrogens (tertiary/aromatic N) is 1. The summed E-state index contributed by atoms with van der Waals surface area (Å²) in [7, 11) is 0. The minimum absolute atomic E-state index is 0.00938. The van der Waals surface area contributed by atoms with E-state index in [2.05, 4.69) is 22.3 Å². The normalized spacial score (nSPS) is 17.1. The SMILES string of the molecule is O=C(CN(Cc1ccccc1)CC1CCCO1)Nc1ccccc1. The van der Waals surface area contributed by atoms with Crippen LogP contribution in [-0.4, -0.2) is 36.6 Å². The molecule has 4 nitrogen and oxygen atoms in total. The molecule has 0 saturated carbocycles. The minimum Gasteiger partial charge on any atom is -0.377 e. The van der Waals surface area contributed by atoms with Gasteiger partial charge in [0.05, 0.1) is 12.6 Å². The molecule has 126 valence electrons. The Hall–Kier alpha value is -2.17. The summed E-state index contributed by atoms with van der Waals surface area (Å²) in [6, 6.07) is 19.8. The van der Waals surface area contributed by atoms with E-state index in [0.717, 1.165) is 38.2 Å². The third kappa shape index (κ3) is 5.18. The average molecular weight is 324 g/mol. The van der Waals surface area contributed by atoms with Crippen molar-refractivity contribution in [2.24, 2.45) is 0 Å². The number of anilines is 1. The zero-order chi connectivity index (χ0) is 16.6. The molecule has 24 heavy (non-hydrogen) atoms. The standard InChI is InChI=1S/C20H24N2O2/c23-20(21-18-10-5-2-6-11-18)16-22(15-19-12-7-13-24-19)14-17-8-3-1-4-9-17/h1-6,8-11,19H,7,12-16H2,(H,21,23). The highest BCUT2D eigenvalue weighted by atomic mass is 16.5. The van der Waals surface area contributed by atoms with Crippen LogP contribution in [0, 0.1) is 0 Å². The van der Waals surface area contributed by atoms with Crippen LogP contribution in [0.25, 0.3) is 0 Å². The Morgan fingerprint density at radius 2 is 1.79 bits per heavy atom. The molecular formula is C20H24N2O2. The molecule has 1 unspecified atom stereocenters. The van der Waals surface area contributed by atoms with Gasteiger partial charge in [-0.2, -0.15) is 0 Å². The number of carbonyl (C=O) groups excluding carboxylic acids is 1. The van der Waals surface area contributed by atoms with E-state index in [4.69, 9.17) is 4.74 Å². The van der Waals surface area contributed by atoms with E-state index < -0.39 is 0 Å². The predicted octanol–water partition coefficient (Wildman–Crippen LogP) is 3.31. The van der Waals surface area contributed by atoms with Crippen LogP contribution in [0.5, 0.6) is 0 Å². The van der Waals surface area contributed by atoms with E-state index in [1.807, 2.05) is 48.5 Å². The van der Waals surface area contributed by atoms with Gasteiger partial charge in [0.2, 0.25) is 5.91 Å². The summed E-state index contributed by atoms with van der Waals surface area (Å²) in [6.45, 7) is 2.74. The fraction of sp³-hybridized carbons (Fsp3) is 0.350. The van der Waals surface area contributed by atoms with Crippen molar-refractivity contribution in [2.75, 3.05) is 25.0 Å². The molecular weight excluding hydrogens is 300 g/mol. The summed E-state index contributed by atoms with van der Waals surface area (Å²) in [5.41, 5.74) is 2.04. The second-order valence-electron chi connectivity index (χ2n) is 6.20. The van der Waals surface area contributed by atoms with Crippen LogP contribution in [0.2, 0.25) is 0 Å². The number of benzene rings is 2. The quantitative estimate of drug-likeness (QED) is 0.849. The largest absolute Gasteiger partial charge is 0.377 e. The molecule has 2 aromatic carbocycles. The monoisotopic (exact) mass is 324 g/mol. The number of hydrogen-bond acceptors (Lipinski definition) is 3. The molecule has 0 aromatic heterocycles. The molecule has 4 heteroatoms. The van der Waals surface area contributed by atoms with Gasteiger partial charge in [-0.3, -0.25) is 9.69 Å². The Kier molecular flexibility index (Phi) is 5.99. The fourth-order valence-electron chi connectivity index (χ4n) is 3.03. The maximum atomic E-state index is 12.4. The van der Waals surface area contributed by atoms with Gasteiger partial charge in [0, 0.05) is 25.4 Å². The zero-order valence-corrected chi connectivity index (χ0v) is 13.9. The van der Waals surface area contributed by atoms with Crippen LogP contribution < -0.4 is 5.32 Å². The van der Waals surface area contributed by atoms with Gasteiger partial charge in [-0.25, -0.2) is 0 Å². The summed E-state index contributed by atoms with van der Waals surface area (Å²) in [4.78, 5) is 14.6. The van der Waals surface area contributed by atoms with Gasteiger partial charge in [-0.15, -0.1) is 0 Å². The number of rotatable bonds is 7. The van der Waals surface area contributed by atoms with Crippen LogP contribution in [0.3, 0.4) is 0 Å². The Bertz CT molecular complexity index is 625. The first-order valence-electron chi connectivity index (χ1n) is 8.52. The Balaban J connectivity index is 1.61. The van der Waals surface area contributed by atoms with Crippen LogP contribution in [0.4, 0.5) is 5.69 Å². The first-order chi connectivity index (χ1) is 11.8. The van der Waals surface area contributed by atoms with Crippen molar-refractivity contribution in [1.82, 2.24) is 4.90 Å². The second-order valence-corrected chi connectivity index (χ2v) is 6.20. The van der Waals surface area contributed by atoms with Crippen LogP contribution >= 0.6 is 0 Å². The zero-order valence-electron chi connectivity index (χ0n) is 13.9. The number of amides is 1. The fourth-order valence-corrected chi connectivity index (χ4v) is 3.03. The molecule has 1 fully saturated rings. The van der Waals surface area contributed by atoms with Gasteiger partial charge in [0.1, 0.15) is 0 Å². The van der Waals surface area contributed by atoms with Crippen LogP contribution in [-0.2, 0) is 16.1 Å². The summed E-state index contributed by atoms with van der Waals surface area (Å²) < 4.78 is 5.75. The van der Waals surface area contributed by atoms with E-state index in [1.54, 1.807) is 0 Å². The van der Waals surface area contributed by atoms with E-state index in [-0.39, 0.29) is 12.0 Å². The summed E-state index contributed by atoms with van der Waals surface area (Å²) in [6.07, 6.45) is 2.42. The number of hydrogen-bond donors (Lipinski definition) is 1. The molecule has 1 amide bonds. The maximum absolute atomic E-state index is 12.4. The molecule has 1 saturated heterocycles. The van der Waals surface area contributed by atoms with Gasteiger partial charge in [0.15, 0.2) is 0 Å². The lowest BCUT2D eigenvalue weighted by Crippen LogP contribution is -2.37. The van der Waals surface area contributed by atoms with Crippen molar-refractivity contribution < 1.29 is 9.53 Å². The molecule has 2 aromatic rings. The Morgan fingerprint density at radius 1 is 1.08 bits per heavy atom.